The van der Waals surface area contributed by atoms with Crippen LogP contribution in [0.2, 0.25) is 0 Å². The zero-order valence-corrected chi connectivity index (χ0v) is 15.9. The third-order valence-corrected chi connectivity index (χ3v) is 4.94. The van der Waals surface area contributed by atoms with Crippen LogP contribution in [0.15, 0.2) is 36.4 Å². The summed E-state index contributed by atoms with van der Waals surface area (Å²) in [5.74, 6) is 1.17. The Morgan fingerprint density at radius 3 is 2.81 bits per heavy atom. The lowest BCUT2D eigenvalue weighted by Gasteiger charge is -2.17. The molecule has 0 bridgehead atoms. The van der Waals surface area contributed by atoms with Gasteiger partial charge in [0, 0.05) is 49.1 Å². The van der Waals surface area contributed by atoms with Gasteiger partial charge in [-0.15, -0.1) is 11.3 Å². The van der Waals surface area contributed by atoms with E-state index in [1.807, 2.05) is 23.1 Å². The molecule has 1 N–H and O–H groups in total. The van der Waals surface area contributed by atoms with E-state index in [0.717, 1.165) is 22.2 Å². The van der Waals surface area contributed by atoms with Gasteiger partial charge in [0.25, 0.3) is 0 Å². The van der Waals surface area contributed by atoms with Crippen LogP contribution in [0.1, 0.15) is 44.2 Å². The fourth-order valence-corrected chi connectivity index (χ4v) is 3.45. The minimum atomic E-state index is -0.291. The summed E-state index contributed by atoms with van der Waals surface area (Å²) in [4.78, 5) is 29.6. The summed E-state index contributed by atoms with van der Waals surface area (Å²) in [6.07, 6.45) is 9.26. The van der Waals surface area contributed by atoms with Crippen LogP contribution in [0.3, 0.4) is 0 Å². The zero-order valence-electron chi connectivity index (χ0n) is 15.1. The topological polar surface area (TPSA) is 85.6 Å². The van der Waals surface area contributed by atoms with Crippen LogP contribution in [-0.4, -0.2) is 37.0 Å². The van der Waals surface area contributed by atoms with Crippen molar-refractivity contribution in [3.63, 3.8) is 0 Å². The SMILES string of the molecule is CC(C)c1nccn1[C@@H](C)C(=O)NCCc1csc(-c2cnccn2)n1. The Bertz CT molecular complexity index is 857. The molecule has 0 aliphatic heterocycles. The van der Waals surface area contributed by atoms with Gasteiger partial charge in [-0.25, -0.2) is 9.97 Å². The first kappa shape index (κ1) is 18.2. The van der Waals surface area contributed by atoms with E-state index in [2.05, 4.69) is 39.1 Å². The predicted octanol–water partition coefficient (Wildman–Crippen LogP) is 2.84. The molecule has 0 aromatic carbocycles. The van der Waals surface area contributed by atoms with Crippen LogP contribution in [0.5, 0.6) is 0 Å². The lowest BCUT2D eigenvalue weighted by molar-refractivity contribution is -0.123. The lowest BCUT2D eigenvalue weighted by Crippen LogP contribution is -2.33. The number of aromatic nitrogens is 5. The number of carbonyl (C=O) groups is 1. The maximum absolute atomic E-state index is 12.4. The molecule has 0 fully saturated rings. The minimum absolute atomic E-state index is 0.0192. The molecule has 136 valence electrons. The third kappa shape index (κ3) is 4.13. The monoisotopic (exact) mass is 370 g/mol. The number of carbonyl (C=O) groups excluding carboxylic acids is 1. The van der Waals surface area contributed by atoms with Gasteiger partial charge in [-0.1, -0.05) is 13.8 Å². The smallest absolute Gasteiger partial charge is 0.242 e. The van der Waals surface area contributed by atoms with E-state index in [1.54, 1.807) is 24.8 Å². The summed E-state index contributed by atoms with van der Waals surface area (Å²) in [5.41, 5.74) is 1.71. The van der Waals surface area contributed by atoms with E-state index in [1.165, 1.54) is 11.3 Å². The Balaban J connectivity index is 1.54. The first-order valence-electron chi connectivity index (χ1n) is 8.57. The van der Waals surface area contributed by atoms with Gasteiger partial charge >= 0.3 is 0 Å². The predicted molar refractivity (Wildman–Crippen MR) is 101 cm³/mol. The lowest BCUT2D eigenvalue weighted by atomic mass is 10.2. The second-order valence-electron chi connectivity index (χ2n) is 6.30. The highest BCUT2D eigenvalue weighted by atomic mass is 32.1. The molecule has 3 aromatic rings. The zero-order chi connectivity index (χ0) is 18.5. The van der Waals surface area contributed by atoms with Crippen LogP contribution in [-0.2, 0) is 11.2 Å². The summed E-state index contributed by atoms with van der Waals surface area (Å²) in [6, 6.07) is -0.291. The second kappa shape index (κ2) is 8.18. The Hall–Kier alpha value is -2.61. The van der Waals surface area contributed by atoms with E-state index < -0.39 is 0 Å². The van der Waals surface area contributed by atoms with E-state index in [4.69, 9.17) is 0 Å². The highest BCUT2D eigenvalue weighted by molar-refractivity contribution is 7.13. The Morgan fingerprint density at radius 2 is 2.08 bits per heavy atom. The van der Waals surface area contributed by atoms with Crippen LogP contribution < -0.4 is 5.32 Å². The highest BCUT2D eigenvalue weighted by Crippen LogP contribution is 2.21. The average molecular weight is 370 g/mol. The molecule has 8 heteroatoms. The molecule has 0 unspecified atom stereocenters. The molecule has 1 atom stereocenters. The Morgan fingerprint density at radius 1 is 1.23 bits per heavy atom. The highest BCUT2D eigenvalue weighted by Gasteiger charge is 2.18. The van der Waals surface area contributed by atoms with Crippen LogP contribution in [0.25, 0.3) is 10.7 Å². The van der Waals surface area contributed by atoms with Gasteiger partial charge in [-0.05, 0) is 6.92 Å². The van der Waals surface area contributed by atoms with Gasteiger partial charge in [0.05, 0.1) is 11.9 Å². The number of hydrogen-bond acceptors (Lipinski definition) is 6. The van der Waals surface area contributed by atoms with Crippen molar-refractivity contribution in [2.45, 2.75) is 39.2 Å². The summed E-state index contributed by atoms with van der Waals surface area (Å²) >= 11 is 1.53. The van der Waals surface area contributed by atoms with Crippen LogP contribution in [0.4, 0.5) is 0 Å². The third-order valence-electron chi connectivity index (χ3n) is 4.03. The van der Waals surface area contributed by atoms with Gasteiger partial charge < -0.3 is 9.88 Å². The van der Waals surface area contributed by atoms with E-state index >= 15 is 0 Å². The van der Waals surface area contributed by atoms with Gasteiger partial charge in [0.15, 0.2) is 0 Å². The van der Waals surface area contributed by atoms with E-state index in [0.29, 0.717) is 13.0 Å². The van der Waals surface area contributed by atoms with E-state index in [-0.39, 0.29) is 17.9 Å². The molecular weight excluding hydrogens is 348 g/mol. The fraction of sp³-hybridized carbons (Fsp3) is 0.389. The molecule has 0 saturated heterocycles. The van der Waals surface area contributed by atoms with Crippen LogP contribution in [0, 0.1) is 0 Å². The van der Waals surface area contributed by atoms with Crippen molar-refractivity contribution >= 4 is 17.2 Å². The molecule has 26 heavy (non-hydrogen) atoms. The Labute approximate surface area is 156 Å². The molecule has 0 spiro atoms. The van der Waals surface area contributed by atoms with Crippen molar-refractivity contribution in [3.8, 4) is 10.7 Å². The Kier molecular flexibility index (Phi) is 5.72. The first-order valence-corrected chi connectivity index (χ1v) is 9.45. The van der Waals surface area contributed by atoms with Crippen LogP contribution >= 0.6 is 11.3 Å². The van der Waals surface area contributed by atoms with Gasteiger partial charge in [-0.2, -0.15) is 0 Å². The number of nitrogens with zero attached hydrogens (tertiary/aromatic N) is 5. The summed E-state index contributed by atoms with van der Waals surface area (Å²) in [6.45, 7) is 6.57. The molecule has 0 aliphatic carbocycles. The molecule has 7 nitrogen and oxygen atoms in total. The van der Waals surface area contributed by atoms with Gasteiger partial charge in [0.1, 0.15) is 22.6 Å². The number of nitrogens with one attached hydrogen (secondary N) is 1. The number of rotatable bonds is 7. The quantitative estimate of drug-likeness (QED) is 0.691. The number of amides is 1. The maximum Gasteiger partial charge on any atom is 0.242 e. The number of hydrogen-bond donors (Lipinski definition) is 1. The molecule has 3 heterocycles. The molecule has 0 saturated carbocycles. The first-order chi connectivity index (χ1) is 12.6. The average Bonchev–Trinajstić information content (AvgIpc) is 3.31. The molecule has 3 aromatic heterocycles. The number of imidazole rings is 1. The van der Waals surface area contributed by atoms with Crippen molar-refractivity contribution in [2.24, 2.45) is 0 Å². The van der Waals surface area contributed by atoms with Crippen molar-refractivity contribution in [2.75, 3.05) is 6.54 Å². The molecule has 0 radical (unpaired) electrons. The van der Waals surface area contributed by atoms with Crippen molar-refractivity contribution < 1.29 is 4.79 Å². The molecular formula is C18H22N6OS. The maximum atomic E-state index is 12.4. The van der Waals surface area contributed by atoms with Crippen molar-refractivity contribution in [1.82, 2.24) is 29.8 Å². The minimum Gasteiger partial charge on any atom is -0.354 e. The van der Waals surface area contributed by atoms with Gasteiger partial charge in [0.2, 0.25) is 5.91 Å². The van der Waals surface area contributed by atoms with Crippen molar-refractivity contribution in [1.29, 1.82) is 0 Å². The summed E-state index contributed by atoms with van der Waals surface area (Å²) < 4.78 is 1.93. The second-order valence-corrected chi connectivity index (χ2v) is 7.16. The molecule has 0 aliphatic rings. The van der Waals surface area contributed by atoms with E-state index in [9.17, 15) is 4.79 Å². The standard InChI is InChI=1S/C18H22N6OS/c1-12(2)16-21-8-9-24(16)13(3)17(25)22-5-4-14-11-26-18(23-14)15-10-19-6-7-20-15/h6-13H,4-5H2,1-3H3,(H,22,25)/t13-/m0/s1. The fourth-order valence-electron chi connectivity index (χ4n) is 2.64. The summed E-state index contributed by atoms with van der Waals surface area (Å²) in [7, 11) is 0. The summed E-state index contributed by atoms with van der Waals surface area (Å²) in [5, 5.41) is 5.82. The normalized spacial score (nSPS) is 12.3. The largest absolute Gasteiger partial charge is 0.354 e. The number of thiazole rings is 1. The molecule has 1 amide bonds. The molecule has 3 rings (SSSR count). The van der Waals surface area contributed by atoms with Gasteiger partial charge in [-0.3, -0.25) is 14.8 Å². The van der Waals surface area contributed by atoms with Crippen molar-refractivity contribution in [3.05, 3.63) is 47.9 Å².